The molecule has 12 rings (SSSR count). The van der Waals surface area contributed by atoms with Crippen LogP contribution in [-0.2, 0) is 52.8 Å². The number of benzene rings is 3. The molecule has 9 aromatic rings. The number of anilines is 2. The summed E-state index contributed by atoms with van der Waals surface area (Å²) in [5.41, 5.74) is 23.1. The number of nitrogens with zero attached hydrogens (tertiary/aromatic N) is 9. The largest absolute Gasteiger partial charge is 0.397 e. The second-order valence-electron chi connectivity index (χ2n) is 20.4. The van der Waals surface area contributed by atoms with Crippen molar-refractivity contribution in [2.24, 2.45) is 0 Å². The van der Waals surface area contributed by atoms with E-state index >= 15 is 0 Å². The third-order valence-electron chi connectivity index (χ3n) is 14.0. The Labute approximate surface area is 512 Å². The van der Waals surface area contributed by atoms with E-state index < -0.39 is 11.9 Å². The van der Waals surface area contributed by atoms with Crippen molar-refractivity contribution in [2.45, 2.75) is 40.3 Å². The number of aromatic nitrogens is 6. The van der Waals surface area contributed by atoms with E-state index in [4.69, 9.17) is 70.4 Å². The molecular formula is C64H64Cl3N11O8. The SMILES string of the molecule is CC(=O)Cc1ccc(-c2cc(CN3CCOCC3)c3cccc(Cl)c3n2)nc1.CC(=O)OC(C)=O.Nc1ccc(-c2cc(C(=O)N3CCOCC3)c3cccc(Cl)c3n2)nc1.Nc1ccc(-c2cc(CN3CCOCC3)c3cccc(Cl)c3n2)nc1. The summed E-state index contributed by atoms with van der Waals surface area (Å²) in [5.74, 6) is -1.06. The van der Waals surface area contributed by atoms with Crippen LogP contribution in [0.3, 0.4) is 0 Å². The number of nitrogen functional groups attached to an aromatic ring is 2. The van der Waals surface area contributed by atoms with Gasteiger partial charge in [0.2, 0.25) is 0 Å². The number of rotatable bonds is 10. The molecule has 9 heterocycles. The number of Topliss-reactive ketones (excluding diaryl/α,β-unsaturated/α-hetero) is 1. The number of halogens is 3. The third kappa shape index (κ3) is 16.6. The third-order valence-corrected chi connectivity index (χ3v) is 14.9. The summed E-state index contributed by atoms with van der Waals surface area (Å²) in [5, 5.41) is 4.66. The summed E-state index contributed by atoms with van der Waals surface area (Å²) < 4.78 is 20.2. The van der Waals surface area contributed by atoms with Crippen molar-refractivity contribution < 1.29 is 38.1 Å². The van der Waals surface area contributed by atoms with Gasteiger partial charge < -0.3 is 35.3 Å². The van der Waals surface area contributed by atoms with E-state index in [1.54, 1.807) is 54.7 Å². The lowest BCUT2D eigenvalue weighted by Crippen LogP contribution is -2.40. The molecule has 6 aromatic heterocycles. The highest BCUT2D eigenvalue weighted by molar-refractivity contribution is 6.36. The monoisotopic (exact) mass is 1220 g/mol. The average molecular weight is 1220 g/mol. The molecule has 0 radical (unpaired) electrons. The number of hydrogen-bond acceptors (Lipinski definition) is 18. The van der Waals surface area contributed by atoms with Crippen molar-refractivity contribution in [2.75, 3.05) is 90.4 Å². The lowest BCUT2D eigenvalue weighted by Gasteiger charge is -2.27. The molecule has 3 fully saturated rings. The van der Waals surface area contributed by atoms with Gasteiger partial charge in [0.1, 0.15) is 5.78 Å². The van der Waals surface area contributed by atoms with Gasteiger partial charge in [0.05, 0.1) is 135 Å². The molecule has 0 unspecified atom stereocenters. The maximum absolute atomic E-state index is 13.1. The van der Waals surface area contributed by atoms with Crippen LogP contribution in [0.4, 0.5) is 11.4 Å². The lowest BCUT2D eigenvalue weighted by atomic mass is 10.0. The van der Waals surface area contributed by atoms with Crippen molar-refractivity contribution in [1.82, 2.24) is 44.6 Å². The Hall–Kier alpha value is -8.11. The molecule has 1 amide bonds. The second-order valence-corrected chi connectivity index (χ2v) is 21.7. The summed E-state index contributed by atoms with van der Waals surface area (Å²) >= 11 is 19.2. The predicted octanol–water partition coefficient (Wildman–Crippen LogP) is 10.4. The predicted molar refractivity (Wildman–Crippen MR) is 335 cm³/mol. The normalized spacial score (nSPS) is 14.5. The molecule has 22 heteroatoms. The highest BCUT2D eigenvalue weighted by Gasteiger charge is 2.24. The summed E-state index contributed by atoms with van der Waals surface area (Å²) in [6, 6.07) is 34.3. The second kappa shape index (κ2) is 29.8. The first-order valence-electron chi connectivity index (χ1n) is 27.9. The first-order valence-corrected chi connectivity index (χ1v) is 29.0. The van der Waals surface area contributed by atoms with Gasteiger partial charge in [0.25, 0.3) is 5.91 Å². The van der Waals surface area contributed by atoms with Gasteiger partial charge in [-0.2, -0.15) is 0 Å². The van der Waals surface area contributed by atoms with E-state index in [0.29, 0.717) is 81.6 Å². The molecule has 86 heavy (non-hydrogen) atoms. The van der Waals surface area contributed by atoms with Gasteiger partial charge in [-0.15, -0.1) is 0 Å². The molecule has 19 nitrogen and oxygen atoms in total. The fourth-order valence-corrected chi connectivity index (χ4v) is 10.5. The number of para-hydroxylation sites is 3. The molecule has 0 spiro atoms. The summed E-state index contributed by atoms with van der Waals surface area (Å²) in [7, 11) is 0. The molecule has 0 atom stereocenters. The number of amides is 1. The van der Waals surface area contributed by atoms with Gasteiger partial charge >= 0.3 is 11.9 Å². The van der Waals surface area contributed by atoms with E-state index in [1.807, 2.05) is 60.7 Å². The van der Waals surface area contributed by atoms with E-state index in [-0.39, 0.29) is 11.7 Å². The fourth-order valence-electron chi connectivity index (χ4n) is 9.83. The standard InChI is InChI=1S/C22H22ClN3O2.C19H17ClN4O2.C19H19ClN4O.C4H6O3/c1-15(27)11-16-5-6-20(24-13-16)21-12-17(14-26-7-9-28-10-8-26)18-3-2-4-19(23)22(18)25-21;20-15-3-1-2-13-14(19(25)24-6-8-26-9-7-24)10-17(23-18(13)15)16-5-4-12(21)11-22-16;20-16-3-1-2-15-13(12-24-6-8-25-9-7-24)10-18(23-19(15)16)17-5-4-14(21)11-22-17;1-3(5)7-4(2)6/h2-6,12-13H,7-11,14H2,1H3;1-5,10-11H,6-9,21H2;1-5,10-11H,6-9,12,21H2;1-2H3. The molecular weight excluding hydrogens is 1160 g/mol. The van der Waals surface area contributed by atoms with Crippen LogP contribution in [0.5, 0.6) is 0 Å². The number of hydrogen-bond donors (Lipinski definition) is 2. The van der Waals surface area contributed by atoms with Crippen molar-refractivity contribution in [3.05, 3.63) is 165 Å². The number of ether oxygens (including phenoxy) is 4. The van der Waals surface area contributed by atoms with Crippen molar-refractivity contribution in [3.63, 3.8) is 0 Å². The van der Waals surface area contributed by atoms with Crippen LogP contribution in [0.2, 0.25) is 15.1 Å². The Morgan fingerprint density at radius 1 is 0.488 bits per heavy atom. The topological polar surface area (TPSA) is 244 Å². The minimum absolute atomic E-state index is 0.0559. The number of fused-ring (bicyclic) bond motifs is 3. The number of pyridine rings is 6. The zero-order chi connectivity index (χ0) is 60.7. The number of ketones is 1. The van der Waals surface area contributed by atoms with Crippen molar-refractivity contribution in [1.29, 1.82) is 0 Å². The van der Waals surface area contributed by atoms with E-state index in [0.717, 1.165) is 121 Å². The van der Waals surface area contributed by atoms with Crippen LogP contribution >= 0.6 is 34.8 Å². The summed E-state index contributed by atoms with van der Waals surface area (Å²) in [4.78, 5) is 78.1. The Kier molecular flexibility index (Phi) is 21.6. The average Bonchev–Trinajstić information content (AvgIpc) is 1.68. The molecule has 4 N–H and O–H groups in total. The first-order chi connectivity index (χ1) is 41.6. The van der Waals surface area contributed by atoms with Crippen molar-refractivity contribution >= 4 is 103 Å². The maximum Gasteiger partial charge on any atom is 0.310 e. The molecule has 3 aliphatic heterocycles. The summed E-state index contributed by atoms with van der Waals surface area (Å²) in [6.45, 7) is 14.6. The minimum Gasteiger partial charge on any atom is -0.397 e. The van der Waals surface area contributed by atoms with Crippen LogP contribution in [0.25, 0.3) is 66.9 Å². The van der Waals surface area contributed by atoms with Gasteiger partial charge in [0, 0.05) is 95.0 Å². The highest BCUT2D eigenvalue weighted by atomic mass is 35.5. The van der Waals surface area contributed by atoms with Gasteiger partial charge in [-0.05, 0) is 90.3 Å². The van der Waals surface area contributed by atoms with Gasteiger partial charge in [-0.3, -0.25) is 43.9 Å². The molecule has 444 valence electrons. The first kappa shape index (κ1) is 62.4. The molecule has 0 bridgehead atoms. The molecule has 0 aliphatic carbocycles. The van der Waals surface area contributed by atoms with Gasteiger partial charge in [-0.25, -0.2) is 15.0 Å². The number of esters is 2. The Balaban J connectivity index is 0.000000146. The number of carbonyl (C=O) groups excluding carboxylic acids is 4. The van der Waals surface area contributed by atoms with Crippen LogP contribution in [0.1, 0.15) is 47.8 Å². The lowest BCUT2D eigenvalue weighted by molar-refractivity contribution is -0.156. The fraction of sp³-hybridized carbons (Fsp3) is 0.281. The Morgan fingerprint density at radius 2 is 0.884 bits per heavy atom. The van der Waals surface area contributed by atoms with E-state index in [9.17, 15) is 19.2 Å². The number of carbonyl (C=O) groups is 4. The van der Waals surface area contributed by atoms with Gasteiger partial charge in [0.15, 0.2) is 0 Å². The smallest absolute Gasteiger partial charge is 0.310 e. The molecule has 3 saturated heterocycles. The maximum atomic E-state index is 13.1. The van der Waals surface area contributed by atoms with Crippen LogP contribution in [-0.4, -0.2) is 147 Å². The Morgan fingerprint density at radius 3 is 1.27 bits per heavy atom. The molecule has 3 aliphatic rings. The van der Waals surface area contributed by atoms with Crippen LogP contribution in [0.15, 0.2) is 128 Å². The van der Waals surface area contributed by atoms with Crippen LogP contribution in [0, 0.1) is 0 Å². The quantitative estimate of drug-likeness (QED) is 0.0955. The molecule has 3 aromatic carbocycles. The minimum atomic E-state index is -0.562. The van der Waals surface area contributed by atoms with E-state index in [2.05, 4.69) is 58.7 Å². The van der Waals surface area contributed by atoms with Crippen LogP contribution < -0.4 is 11.5 Å². The summed E-state index contributed by atoms with van der Waals surface area (Å²) in [6.07, 6.45) is 5.36. The van der Waals surface area contributed by atoms with E-state index in [1.165, 1.54) is 25.0 Å². The number of morpholine rings is 3. The Bertz CT molecular complexity index is 3850. The highest BCUT2D eigenvalue weighted by Crippen LogP contribution is 2.33. The number of nitrogens with two attached hydrogens (primary N) is 2. The zero-order valence-corrected chi connectivity index (χ0v) is 50.1. The van der Waals surface area contributed by atoms with Crippen molar-refractivity contribution in [3.8, 4) is 34.2 Å². The zero-order valence-electron chi connectivity index (χ0n) is 47.8. The van der Waals surface area contributed by atoms with Gasteiger partial charge in [-0.1, -0.05) is 77.3 Å². The molecule has 0 saturated carbocycles.